The number of hydrogen-bond acceptors (Lipinski definition) is 4. The fourth-order valence-corrected chi connectivity index (χ4v) is 3.24. The zero-order valence-corrected chi connectivity index (χ0v) is 12.2. The Labute approximate surface area is 117 Å². The molecule has 2 rings (SSSR count). The van der Waals surface area contributed by atoms with Crippen molar-refractivity contribution in [3.05, 3.63) is 52.2 Å². The van der Waals surface area contributed by atoms with E-state index in [0.29, 0.717) is 12.0 Å². The van der Waals surface area contributed by atoms with E-state index in [-0.39, 0.29) is 4.90 Å². The van der Waals surface area contributed by atoms with E-state index in [2.05, 4.69) is 5.38 Å². The Bertz CT molecular complexity index is 630. The van der Waals surface area contributed by atoms with Crippen LogP contribution in [0.15, 0.2) is 46.0 Å². The second-order valence-corrected chi connectivity index (χ2v) is 7.33. The SMILES string of the molecule is CS(=O)(=O)c1cccc(C(O)CCc2ccsc2)c1. The lowest BCUT2D eigenvalue weighted by Crippen LogP contribution is -2.02. The molecule has 1 N–H and O–H groups in total. The number of sulfone groups is 1. The third-order valence-corrected chi connectivity index (χ3v) is 4.80. The highest BCUT2D eigenvalue weighted by atomic mass is 32.2. The van der Waals surface area contributed by atoms with Gasteiger partial charge in [-0.15, -0.1) is 0 Å². The van der Waals surface area contributed by atoms with Crippen LogP contribution in [-0.2, 0) is 16.3 Å². The highest BCUT2D eigenvalue weighted by Crippen LogP contribution is 2.22. The summed E-state index contributed by atoms with van der Waals surface area (Å²) in [5.74, 6) is 0. The molecule has 5 heteroatoms. The van der Waals surface area contributed by atoms with E-state index in [0.717, 1.165) is 6.42 Å². The van der Waals surface area contributed by atoms with Crippen molar-refractivity contribution in [2.45, 2.75) is 23.8 Å². The molecule has 1 heterocycles. The molecule has 0 saturated heterocycles. The summed E-state index contributed by atoms with van der Waals surface area (Å²) in [4.78, 5) is 0.250. The van der Waals surface area contributed by atoms with Gasteiger partial charge in [0.15, 0.2) is 9.84 Å². The molecule has 3 nitrogen and oxygen atoms in total. The van der Waals surface area contributed by atoms with E-state index in [4.69, 9.17) is 0 Å². The Hall–Kier alpha value is -1.17. The van der Waals surface area contributed by atoms with Crippen molar-refractivity contribution in [1.29, 1.82) is 0 Å². The maximum Gasteiger partial charge on any atom is 0.175 e. The third-order valence-electron chi connectivity index (χ3n) is 2.96. The van der Waals surface area contributed by atoms with Crippen LogP contribution in [0.25, 0.3) is 0 Å². The van der Waals surface area contributed by atoms with E-state index in [1.165, 1.54) is 11.8 Å². The summed E-state index contributed by atoms with van der Waals surface area (Å²) in [5.41, 5.74) is 1.85. The summed E-state index contributed by atoms with van der Waals surface area (Å²) < 4.78 is 22.9. The van der Waals surface area contributed by atoms with Crippen molar-refractivity contribution in [3.63, 3.8) is 0 Å². The quantitative estimate of drug-likeness (QED) is 0.923. The third kappa shape index (κ3) is 3.89. The lowest BCUT2D eigenvalue weighted by atomic mass is 10.0. The normalized spacial score (nSPS) is 13.4. The van der Waals surface area contributed by atoms with Crippen LogP contribution in [0.4, 0.5) is 0 Å². The molecular formula is C14H16O3S2. The van der Waals surface area contributed by atoms with Crippen molar-refractivity contribution in [1.82, 2.24) is 0 Å². The molecule has 1 aromatic heterocycles. The summed E-state index contributed by atoms with van der Waals surface area (Å²) in [6.07, 6.45) is 1.91. The Morgan fingerprint density at radius 1 is 1.32 bits per heavy atom. The first-order valence-corrected chi connectivity index (χ1v) is 8.79. The van der Waals surface area contributed by atoms with Crippen molar-refractivity contribution in [2.75, 3.05) is 6.26 Å². The van der Waals surface area contributed by atoms with Crippen molar-refractivity contribution in [3.8, 4) is 0 Å². The number of hydrogen-bond donors (Lipinski definition) is 1. The van der Waals surface area contributed by atoms with Crippen LogP contribution in [0.2, 0.25) is 0 Å². The first kappa shape index (κ1) is 14.2. The maximum atomic E-state index is 11.5. The van der Waals surface area contributed by atoms with Crippen LogP contribution < -0.4 is 0 Å². The van der Waals surface area contributed by atoms with Gasteiger partial charge in [-0.25, -0.2) is 8.42 Å². The van der Waals surface area contributed by atoms with Gasteiger partial charge in [0.2, 0.25) is 0 Å². The van der Waals surface area contributed by atoms with Gasteiger partial charge in [0, 0.05) is 6.26 Å². The first-order valence-electron chi connectivity index (χ1n) is 5.96. The number of thiophene rings is 1. The van der Waals surface area contributed by atoms with E-state index in [1.807, 2.05) is 11.4 Å². The monoisotopic (exact) mass is 296 g/mol. The first-order chi connectivity index (χ1) is 8.97. The predicted octanol–water partition coefficient (Wildman–Crippen LogP) is 2.82. The number of benzene rings is 1. The van der Waals surface area contributed by atoms with Gasteiger partial charge in [0.05, 0.1) is 11.0 Å². The number of aliphatic hydroxyl groups excluding tert-OH is 1. The lowest BCUT2D eigenvalue weighted by molar-refractivity contribution is 0.167. The molecule has 1 aromatic carbocycles. The molecule has 0 radical (unpaired) electrons. The Morgan fingerprint density at radius 3 is 2.74 bits per heavy atom. The summed E-state index contributed by atoms with van der Waals surface area (Å²) in [5, 5.41) is 14.2. The van der Waals surface area contributed by atoms with Gasteiger partial charge >= 0.3 is 0 Å². The zero-order valence-electron chi connectivity index (χ0n) is 10.6. The van der Waals surface area contributed by atoms with E-state index in [1.54, 1.807) is 35.6 Å². The number of aryl methyl sites for hydroxylation is 1. The summed E-state index contributed by atoms with van der Waals surface area (Å²) in [7, 11) is -3.23. The molecule has 0 fully saturated rings. The summed E-state index contributed by atoms with van der Waals surface area (Å²) in [6.45, 7) is 0. The molecule has 0 saturated carbocycles. The second kappa shape index (κ2) is 5.86. The van der Waals surface area contributed by atoms with E-state index < -0.39 is 15.9 Å². The Kier molecular flexibility index (Phi) is 4.39. The fraction of sp³-hybridized carbons (Fsp3) is 0.286. The maximum absolute atomic E-state index is 11.5. The minimum atomic E-state index is -3.23. The van der Waals surface area contributed by atoms with Crippen LogP contribution in [0.1, 0.15) is 23.7 Å². The van der Waals surface area contributed by atoms with Crippen LogP contribution in [-0.4, -0.2) is 19.8 Å². The van der Waals surface area contributed by atoms with Gasteiger partial charge in [-0.2, -0.15) is 11.3 Å². The smallest absolute Gasteiger partial charge is 0.175 e. The Morgan fingerprint density at radius 2 is 2.11 bits per heavy atom. The van der Waals surface area contributed by atoms with Gasteiger partial charge in [-0.3, -0.25) is 0 Å². The zero-order chi connectivity index (χ0) is 13.9. The number of rotatable bonds is 5. The molecule has 0 amide bonds. The topological polar surface area (TPSA) is 54.4 Å². The van der Waals surface area contributed by atoms with Crippen LogP contribution in [0.5, 0.6) is 0 Å². The second-order valence-electron chi connectivity index (χ2n) is 4.53. The standard InChI is InChI=1S/C14H16O3S2/c1-19(16,17)13-4-2-3-12(9-13)14(15)6-5-11-7-8-18-10-11/h2-4,7-10,14-15H,5-6H2,1H3. The molecule has 0 aliphatic rings. The summed E-state index contributed by atoms with van der Waals surface area (Å²) in [6, 6.07) is 8.55. The van der Waals surface area contributed by atoms with Gasteiger partial charge in [0.25, 0.3) is 0 Å². The molecule has 0 aliphatic heterocycles. The fourth-order valence-electron chi connectivity index (χ4n) is 1.86. The van der Waals surface area contributed by atoms with Crippen LogP contribution >= 0.6 is 11.3 Å². The molecule has 19 heavy (non-hydrogen) atoms. The number of aliphatic hydroxyl groups is 1. The molecule has 0 spiro atoms. The largest absolute Gasteiger partial charge is 0.388 e. The molecule has 2 aromatic rings. The van der Waals surface area contributed by atoms with Crippen molar-refractivity contribution in [2.24, 2.45) is 0 Å². The van der Waals surface area contributed by atoms with Crippen LogP contribution in [0.3, 0.4) is 0 Å². The molecule has 1 atom stereocenters. The van der Waals surface area contributed by atoms with Gasteiger partial charge in [-0.05, 0) is 52.9 Å². The Balaban J connectivity index is 2.09. The molecular weight excluding hydrogens is 280 g/mol. The van der Waals surface area contributed by atoms with E-state index >= 15 is 0 Å². The van der Waals surface area contributed by atoms with Crippen LogP contribution in [0, 0.1) is 0 Å². The minimum Gasteiger partial charge on any atom is -0.388 e. The minimum absolute atomic E-state index is 0.250. The van der Waals surface area contributed by atoms with Gasteiger partial charge < -0.3 is 5.11 Å². The highest BCUT2D eigenvalue weighted by Gasteiger charge is 2.12. The predicted molar refractivity (Wildman–Crippen MR) is 77.2 cm³/mol. The molecule has 102 valence electrons. The molecule has 0 aliphatic carbocycles. The van der Waals surface area contributed by atoms with Gasteiger partial charge in [0.1, 0.15) is 0 Å². The van der Waals surface area contributed by atoms with Gasteiger partial charge in [-0.1, -0.05) is 12.1 Å². The molecule has 1 unspecified atom stereocenters. The average Bonchev–Trinajstić information content (AvgIpc) is 2.88. The highest BCUT2D eigenvalue weighted by molar-refractivity contribution is 7.90. The lowest BCUT2D eigenvalue weighted by Gasteiger charge is -2.11. The average molecular weight is 296 g/mol. The summed E-state index contributed by atoms with van der Waals surface area (Å²) >= 11 is 1.63. The van der Waals surface area contributed by atoms with Crippen molar-refractivity contribution >= 4 is 21.2 Å². The van der Waals surface area contributed by atoms with E-state index in [9.17, 15) is 13.5 Å². The molecule has 0 bridgehead atoms. The van der Waals surface area contributed by atoms with Crippen molar-refractivity contribution < 1.29 is 13.5 Å².